The van der Waals surface area contributed by atoms with Crippen LogP contribution in [0.4, 0.5) is 34.1 Å². The molecule has 358 valence electrons. The van der Waals surface area contributed by atoms with Gasteiger partial charge >= 0.3 is 0 Å². The monoisotopic (exact) mass is 970 g/mol. The number of fused-ring (bicyclic) bond motifs is 15. The van der Waals surface area contributed by atoms with Crippen molar-refractivity contribution in [3.05, 3.63) is 244 Å². The highest BCUT2D eigenvalue weighted by Crippen LogP contribution is 2.67. The van der Waals surface area contributed by atoms with Gasteiger partial charge < -0.3 is 9.80 Å². The quantitative estimate of drug-likeness (QED) is 0.162. The second-order valence-corrected chi connectivity index (χ2v) is 24.6. The van der Waals surface area contributed by atoms with E-state index in [-0.39, 0.29) is 17.5 Å². The Labute approximate surface area is 441 Å². The van der Waals surface area contributed by atoms with E-state index in [1.165, 1.54) is 138 Å². The van der Waals surface area contributed by atoms with Crippen molar-refractivity contribution in [3.63, 3.8) is 0 Å². The maximum Gasteiger partial charge on any atom is 0.264 e. The van der Waals surface area contributed by atoms with Gasteiger partial charge in [0.1, 0.15) is 0 Å². The highest BCUT2D eigenvalue weighted by molar-refractivity contribution is 7.30. The zero-order valence-electron chi connectivity index (χ0n) is 43.9. The molecule has 3 heterocycles. The minimum absolute atomic E-state index is 0.0150. The smallest absolute Gasteiger partial charge is 0.264 e. The lowest BCUT2D eigenvalue weighted by molar-refractivity contribution is 0.590. The first-order chi connectivity index (χ1) is 35.7. The van der Waals surface area contributed by atoms with Crippen LogP contribution < -0.4 is 25.5 Å². The van der Waals surface area contributed by atoms with Crippen LogP contribution >= 0.6 is 11.3 Å². The number of benzene rings is 9. The number of thiophene rings is 1. The van der Waals surface area contributed by atoms with Crippen molar-refractivity contribution in [3.8, 4) is 44.5 Å². The molecular weight excluding hydrogens is 912 g/mol. The van der Waals surface area contributed by atoms with E-state index < -0.39 is 5.41 Å². The van der Waals surface area contributed by atoms with Gasteiger partial charge in [-0.05, 0) is 157 Å². The van der Waals surface area contributed by atoms with E-state index >= 15 is 0 Å². The van der Waals surface area contributed by atoms with Crippen LogP contribution in [-0.4, -0.2) is 6.71 Å². The number of anilines is 6. The third kappa shape index (κ3) is 6.37. The van der Waals surface area contributed by atoms with Crippen LogP contribution in [0, 0.1) is 20.8 Å². The predicted octanol–water partition coefficient (Wildman–Crippen LogP) is 17.0. The number of rotatable bonds is 4. The Morgan fingerprint density at radius 3 is 1.59 bits per heavy atom. The fourth-order valence-electron chi connectivity index (χ4n) is 13.2. The van der Waals surface area contributed by atoms with E-state index in [0.29, 0.717) is 0 Å². The lowest BCUT2D eigenvalue weighted by atomic mass is 9.36. The summed E-state index contributed by atoms with van der Waals surface area (Å²) in [4.78, 5) is 6.70. The average molecular weight is 971 g/mol. The van der Waals surface area contributed by atoms with Crippen LogP contribution in [0.2, 0.25) is 0 Å². The molecule has 9 aromatic carbocycles. The molecule has 14 rings (SSSR count). The van der Waals surface area contributed by atoms with Crippen molar-refractivity contribution in [2.24, 2.45) is 0 Å². The zero-order chi connectivity index (χ0) is 50.6. The van der Waals surface area contributed by atoms with Crippen molar-refractivity contribution in [2.75, 3.05) is 9.80 Å². The van der Waals surface area contributed by atoms with E-state index in [1.54, 1.807) is 0 Å². The lowest BCUT2D eigenvalue weighted by Crippen LogP contribution is -2.60. The van der Waals surface area contributed by atoms with Crippen LogP contribution in [0.15, 0.2) is 194 Å². The third-order valence-corrected chi connectivity index (χ3v) is 18.1. The lowest BCUT2D eigenvalue weighted by Gasteiger charge is -2.44. The molecule has 0 atom stereocenters. The number of nitrogens with zero attached hydrogens (tertiary/aromatic N) is 2. The van der Waals surface area contributed by atoms with Gasteiger partial charge in [0.25, 0.3) is 6.71 Å². The molecule has 1 aromatic heterocycles. The molecule has 2 nitrogen and oxygen atoms in total. The van der Waals surface area contributed by atoms with Crippen LogP contribution in [-0.2, 0) is 16.2 Å². The fourth-order valence-corrected chi connectivity index (χ4v) is 14.9. The van der Waals surface area contributed by atoms with Crippen LogP contribution in [0.5, 0.6) is 0 Å². The van der Waals surface area contributed by atoms with E-state index in [9.17, 15) is 0 Å². The van der Waals surface area contributed by atoms with Gasteiger partial charge in [-0.3, -0.25) is 0 Å². The van der Waals surface area contributed by atoms with Gasteiger partial charge in [0.15, 0.2) is 0 Å². The zero-order valence-corrected chi connectivity index (χ0v) is 44.7. The highest BCUT2D eigenvalue weighted by Gasteiger charge is 2.57. The molecule has 0 bridgehead atoms. The molecule has 1 spiro atoms. The molecule has 0 saturated carbocycles. The molecule has 2 aliphatic carbocycles. The van der Waals surface area contributed by atoms with E-state index in [4.69, 9.17) is 0 Å². The van der Waals surface area contributed by atoms with Crippen LogP contribution in [0.25, 0.3) is 44.5 Å². The molecule has 10 aromatic rings. The maximum atomic E-state index is 2.67. The van der Waals surface area contributed by atoms with Crippen LogP contribution in [0.3, 0.4) is 0 Å². The Balaban J connectivity index is 1.10. The molecule has 0 fully saturated rings. The SMILES string of the molecule is Cc1ccc(-c2ccccc2)c(-c2ccc3c(c2)N(c2ccc(C(C)(C)C)cc2)c2cc(C)cc4c2B3c2sc3c(c2N4c2ccc(C(C)(C)C)cc2)-c2ccc(C)cc2C32c3ccccc3-c3ccccc32)c1. The molecule has 4 aliphatic rings. The number of aryl methyl sites for hydroxylation is 3. The Hall–Kier alpha value is -7.66. The first-order valence-corrected chi connectivity index (χ1v) is 27.3. The molecule has 4 heteroatoms. The van der Waals surface area contributed by atoms with Crippen molar-refractivity contribution in [1.82, 2.24) is 0 Å². The molecule has 0 radical (unpaired) electrons. The van der Waals surface area contributed by atoms with Crippen molar-refractivity contribution >= 4 is 67.9 Å². The van der Waals surface area contributed by atoms with Gasteiger partial charge in [-0.15, -0.1) is 11.3 Å². The molecular formula is C70H59BN2S. The van der Waals surface area contributed by atoms with Gasteiger partial charge in [-0.1, -0.05) is 204 Å². The van der Waals surface area contributed by atoms with Crippen molar-refractivity contribution < 1.29 is 0 Å². The first kappa shape index (κ1) is 45.0. The number of hydrogen-bond acceptors (Lipinski definition) is 3. The molecule has 0 N–H and O–H groups in total. The minimum atomic E-state index is -0.472. The van der Waals surface area contributed by atoms with Gasteiger partial charge in [-0.25, -0.2) is 0 Å². The van der Waals surface area contributed by atoms with Gasteiger partial charge in [0, 0.05) is 43.7 Å². The largest absolute Gasteiger partial charge is 0.311 e. The molecule has 0 saturated heterocycles. The summed E-state index contributed by atoms with van der Waals surface area (Å²) in [5, 5.41) is 0. The Kier molecular flexibility index (Phi) is 9.68. The highest BCUT2D eigenvalue weighted by atomic mass is 32.1. The summed E-state index contributed by atoms with van der Waals surface area (Å²) in [5.74, 6) is 0. The summed E-state index contributed by atoms with van der Waals surface area (Å²) >= 11 is 2.07. The molecule has 0 unspecified atom stereocenters. The Morgan fingerprint density at radius 1 is 0.419 bits per heavy atom. The summed E-state index contributed by atoms with van der Waals surface area (Å²) in [6.45, 7) is 20.6. The third-order valence-electron chi connectivity index (χ3n) is 16.7. The normalized spacial score (nSPS) is 14.3. The van der Waals surface area contributed by atoms with Gasteiger partial charge in [0.2, 0.25) is 0 Å². The van der Waals surface area contributed by atoms with Crippen molar-refractivity contribution in [1.29, 1.82) is 0 Å². The van der Waals surface area contributed by atoms with E-state index in [1.807, 2.05) is 0 Å². The summed E-state index contributed by atoms with van der Waals surface area (Å²) in [5.41, 5.74) is 30.5. The molecule has 0 amide bonds. The second kappa shape index (κ2) is 15.9. The second-order valence-electron chi connectivity index (χ2n) is 23.5. The first-order valence-electron chi connectivity index (χ1n) is 26.4. The standard InChI is InChI=1S/C70H59BN2S/c1-42-23-34-51(45-17-11-10-12-18-45)55(37-42)46-25-36-59-60(41-46)72(49-30-26-47(27-31-49)68(4,5)6)61-39-44(3)40-62-64(61)71(59)67-65(73(62)50-32-28-48(29-33-50)69(7,8)9)63-54-35-24-43(2)38-58(54)70(66(63)74-67)56-21-15-13-19-52(56)53-20-14-16-22-57(53)70/h10-41H,1-9H3. The predicted molar refractivity (Wildman–Crippen MR) is 317 cm³/mol. The van der Waals surface area contributed by atoms with Crippen molar-refractivity contribution in [2.45, 2.75) is 78.6 Å². The summed E-state index contributed by atoms with van der Waals surface area (Å²) in [6.07, 6.45) is 0. The van der Waals surface area contributed by atoms with E-state index in [0.717, 1.165) is 5.69 Å². The Bertz CT molecular complexity index is 3910. The van der Waals surface area contributed by atoms with Gasteiger partial charge in [0.05, 0.1) is 11.1 Å². The topological polar surface area (TPSA) is 6.48 Å². The molecule has 2 aliphatic heterocycles. The molecule has 74 heavy (non-hydrogen) atoms. The van der Waals surface area contributed by atoms with E-state index in [2.05, 4.69) is 278 Å². The van der Waals surface area contributed by atoms with Crippen LogP contribution in [0.1, 0.15) is 90.9 Å². The maximum absolute atomic E-state index is 2.67. The fraction of sp³-hybridized carbons (Fsp3) is 0.171. The summed E-state index contributed by atoms with van der Waals surface area (Å²) in [7, 11) is 0. The number of hydrogen-bond donors (Lipinski definition) is 0. The average Bonchev–Trinajstić information content (AvgIpc) is 4.08. The minimum Gasteiger partial charge on any atom is -0.311 e. The summed E-state index contributed by atoms with van der Waals surface area (Å²) < 4.78 is 1.40. The Morgan fingerprint density at radius 2 is 0.973 bits per heavy atom. The summed E-state index contributed by atoms with van der Waals surface area (Å²) in [6, 6.07) is 75.0. The van der Waals surface area contributed by atoms with Gasteiger partial charge in [-0.2, -0.15) is 0 Å².